The Morgan fingerprint density at radius 2 is 1.97 bits per heavy atom. The third kappa shape index (κ3) is 3.30. The quantitative estimate of drug-likeness (QED) is 0.416. The topological polar surface area (TPSA) is 77.3 Å². The second kappa shape index (κ2) is 7.73. The molecule has 3 aromatic rings. The van der Waals surface area contributed by atoms with Crippen molar-refractivity contribution < 1.29 is 31.9 Å². The van der Waals surface area contributed by atoms with E-state index in [-0.39, 0.29) is 48.6 Å². The molecule has 34 heavy (non-hydrogen) atoms. The van der Waals surface area contributed by atoms with Crippen molar-refractivity contribution in [1.82, 2.24) is 14.8 Å². The average molecular weight is 474 g/mol. The van der Waals surface area contributed by atoms with E-state index in [0.29, 0.717) is 11.3 Å². The minimum atomic E-state index is -4.73. The Hall–Kier alpha value is -3.60. The largest absolute Gasteiger partial charge is 0.416 e. The molecule has 0 N–H and O–H groups in total. The van der Waals surface area contributed by atoms with Crippen molar-refractivity contribution >= 4 is 17.9 Å². The number of aromatic nitrogens is 3. The van der Waals surface area contributed by atoms with E-state index < -0.39 is 29.2 Å². The number of carbonyl (C=O) groups excluding carboxylic acids is 2. The second-order valence-corrected chi connectivity index (χ2v) is 8.46. The Labute approximate surface area is 191 Å². The first-order valence-corrected chi connectivity index (χ1v) is 10.3. The molecule has 0 bridgehead atoms. The number of benzene rings is 2. The predicted octanol–water partition coefficient (Wildman–Crippen LogP) is 3.79. The van der Waals surface area contributed by atoms with Crippen molar-refractivity contribution in [2.24, 2.45) is 7.05 Å². The minimum Gasteiger partial charge on any atom is -0.379 e. The van der Waals surface area contributed by atoms with Gasteiger partial charge in [0, 0.05) is 23.9 Å². The number of nitrogens with zero attached hydrogens (tertiary/aromatic N) is 4. The fraction of sp³-hybridized carbons (Fsp3) is 0.304. The van der Waals surface area contributed by atoms with Crippen LogP contribution in [0, 0.1) is 0 Å². The number of aldehydes is 1. The number of carbonyl (C=O) groups is 2. The lowest BCUT2D eigenvalue weighted by Crippen LogP contribution is -2.50. The Kier molecular flexibility index (Phi) is 5.05. The van der Waals surface area contributed by atoms with E-state index in [0.717, 1.165) is 12.1 Å². The number of rotatable bonds is 5. The first-order chi connectivity index (χ1) is 16.2. The fourth-order valence-corrected chi connectivity index (χ4v) is 4.49. The van der Waals surface area contributed by atoms with E-state index in [2.05, 4.69) is 10.2 Å². The van der Waals surface area contributed by atoms with Crippen LogP contribution in [0.15, 0.2) is 42.7 Å². The van der Waals surface area contributed by atoms with Crippen LogP contribution in [0.5, 0.6) is 0 Å². The minimum absolute atomic E-state index is 0.0690. The van der Waals surface area contributed by atoms with E-state index in [4.69, 9.17) is 4.74 Å². The third-order valence-electron chi connectivity index (χ3n) is 6.42. The van der Waals surface area contributed by atoms with Gasteiger partial charge in [-0.15, -0.1) is 10.2 Å². The summed E-state index contributed by atoms with van der Waals surface area (Å²) in [6.45, 7) is -0.184. The standard InChI is InChI=1S/C23H18F4N4O3/c1-30-12-28-29-20(30)19(24)22(10-34-11-22)14-3-2-4-15(7-14)31-8-17-16(21(31)33)5-13(9-32)6-18(17)23(25,26)27/h2-7,9,12,19H,8,10-11H2,1H3/t19-/m1/s1. The summed E-state index contributed by atoms with van der Waals surface area (Å²) in [5, 5.41) is 7.59. The average Bonchev–Trinajstić information content (AvgIpc) is 3.35. The molecule has 176 valence electrons. The summed E-state index contributed by atoms with van der Waals surface area (Å²) in [5.41, 5.74) is -1.85. The zero-order valence-corrected chi connectivity index (χ0v) is 17.8. The van der Waals surface area contributed by atoms with Crippen LogP contribution in [-0.2, 0) is 29.9 Å². The lowest BCUT2D eigenvalue weighted by Gasteiger charge is -2.43. The van der Waals surface area contributed by atoms with Gasteiger partial charge in [0.2, 0.25) is 0 Å². The smallest absolute Gasteiger partial charge is 0.379 e. The molecule has 1 atom stereocenters. The summed E-state index contributed by atoms with van der Waals surface area (Å²) in [5.74, 6) is -0.542. The zero-order chi connectivity index (χ0) is 24.3. The van der Waals surface area contributed by atoms with E-state index >= 15 is 4.39 Å². The number of halogens is 4. The molecule has 0 radical (unpaired) electrons. The maximum atomic E-state index is 15.6. The highest BCUT2D eigenvalue weighted by atomic mass is 19.4. The summed E-state index contributed by atoms with van der Waals surface area (Å²) in [7, 11) is 1.62. The summed E-state index contributed by atoms with van der Waals surface area (Å²) in [4.78, 5) is 25.4. The van der Waals surface area contributed by atoms with E-state index in [1.807, 2.05) is 0 Å². The van der Waals surface area contributed by atoms with Gasteiger partial charge in [-0.3, -0.25) is 9.59 Å². The molecule has 7 nitrogen and oxygen atoms in total. The van der Waals surface area contributed by atoms with Crippen LogP contribution in [0.25, 0.3) is 0 Å². The van der Waals surface area contributed by atoms with Gasteiger partial charge in [0.15, 0.2) is 12.0 Å². The van der Waals surface area contributed by atoms with Crippen molar-refractivity contribution in [2.45, 2.75) is 24.3 Å². The van der Waals surface area contributed by atoms with Gasteiger partial charge in [-0.2, -0.15) is 13.2 Å². The fourth-order valence-electron chi connectivity index (χ4n) is 4.49. The highest BCUT2D eigenvalue weighted by molar-refractivity contribution is 6.11. The molecule has 0 saturated carbocycles. The number of aryl methyl sites for hydroxylation is 1. The number of anilines is 1. The van der Waals surface area contributed by atoms with Gasteiger partial charge in [0.1, 0.15) is 12.6 Å². The van der Waals surface area contributed by atoms with E-state index in [1.54, 1.807) is 31.3 Å². The van der Waals surface area contributed by atoms with Crippen molar-refractivity contribution in [2.75, 3.05) is 18.1 Å². The zero-order valence-electron chi connectivity index (χ0n) is 17.8. The molecule has 1 fully saturated rings. The molecule has 0 spiro atoms. The van der Waals surface area contributed by atoms with Crippen molar-refractivity contribution in [3.8, 4) is 0 Å². The maximum absolute atomic E-state index is 15.6. The molecule has 2 aromatic carbocycles. The molecule has 2 aliphatic heterocycles. The second-order valence-electron chi connectivity index (χ2n) is 8.46. The Bertz CT molecular complexity index is 1300. The van der Waals surface area contributed by atoms with E-state index in [1.165, 1.54) is 15.8 Å². The third-order valence-corrected chi connectivity index (χ3v) is 6.42. The summed E-state index contributed by atoms with van der Waals surface area (Å²) < 4.78 is 63.3. The van der Waals surface area contributed by atoms with Crippen molar-refractivity contribution in [1.29, 1.82) is 0 Å². The van der Waals surface area contributed by atoms with Gasteiger partial charge < -0.3 is 14.2 Å². The van der Waals surface area contributed by atoms with Crippen LogP contribution >= 0.6 is 0 Å². The summed E-state index contributed by atoms with van der Waals surface area (Å²) in [6, 6.07) is 8.37. The molecule has 1 saturated heterocycles. The molecular formula is C23H18F4N4O3. The van der Waals surface area contributed by atoms with Crippen molar-refractivity contribution in [3.63, 3.8) is 0 Å². The molecule has 3 heterocycles. The van der Waals surface area contributed by atoms with Crippen LogP contribution in [0.4, 0.5) is 23.2 Å². The normalized spacial score (nSPS) is 17.9. The van der Waals surface area contributed by atoms with E-state index in [9.17, 15) is 22.8 Å². The highest BCUT2D eigenvalue weighted by Crippen LogP contribution is 2.46. The lowest BCUT2D eigenvalue weighted by atomic mass is 9.74. The molecule has 5 rings (SSSR count). The molecule has 0 aliphatic carbocycles. The first kappa shape index (κ1) is 22.2. The molecule has 0 unspecified atom stereocenters. The molecule has 1 aromatic heterocycles. The van der Waals surface area contributed by atoms with Crippen LogP contribution in [0.3, 0.4) is 0 Å². The monoisotopic (exact) mass is 474 g/mol. The van der Waals surface area contributed by atoms with Crippen molar-refractivity contribution in [3.05, 3.63) is 76.4 Å². The number of amides is 1. The Morgan fingerprint density at radius 1 is 1.21 bits per heavy atom. The van der Waals surface area contributed by atoms with Gasteiger partial charge in [0.25, 0.3) is 5.91 Å². The van der Waals surface area contributed by atoms with Gasteiger partial charge in [-0.25, -0.2) is 4.39 Å². The first-order valence-electron chi connectivity index (χ1n) is 10.3. The summed E-state index contributed by atoms with van der Waals surface area (Å²) in [6.07, 6.45) is -4.62. The summed E-state index contributed by atoms with van der Waals surface area (Å²) >= 11 is 0. The number of alkyl halides is 4. The lowest BCUT2D eigenvalue weighted by molar-refractivity contribution is -0.138. The van der Waals surface area contributed by atoms with Crippen LogP contribution in [-0.4, -0.2) is 40.2 Å². The number of hydrogen-bond acceptors (Lipinski definition) is 5. The molecule has 1 amide bonds. The predicted molar refractivity (Wildman–Crippen MR) is 111 cm³/mol. The molecule has 2 aliphatic rings. The van der Waals surface area contributed by atoms with Crippen LogP contribution in [0.1, 0.15) is 49.4 Å². The van der Waals surface area contributed by atoms with Gasteiger partial charge in [-0.1, -0.05) is 12.1 Å². The maximum Gasteiger partial charge on any atom is 0.416 e. The Morgan fingerprint density at radius 3 is 2.56 bits per heavy atom. The molecule has 11 heteroatoms. The SMILES string of the molecule is Cn1cnnc1[C@@H](F)C1(c2cccc(N3Cc4c(cc(C=O)cc4C(F)(F)F)C3=O)c2)COC1. The molecular weight excluding hydrogens is 456 g/mol. The van der Waals surface area contributed by atoms with Gasteiger partial charge in [-0.05, 0) is 35.4 Å². The van der Waals surface area contributed by atoms with Crippen LogP contribution in [0.2, 0.25) is 0 Å². The highest BCUT2D eigenvalue weighted by Gasteiger charge is 2.51. The number of ether oxygens (including phenoxy) is 1. The van der Waals surface area contributed by atoms with Gasteiger partial charge in [0.05, 0.1) is 30.7 Å². The number of fused-ring (bicyclic) bond motifs is 1. The van der Waals surface area contributed by atoms with Crippen LogP contribution < -0.4 is 4.90 Å². The Balaban J connectivity index is 1.53. The van der Waals surface area contributed by atoms with Gasteiger partial charge >= 0.3 is 6.18 Å². The number of hydrogen-bond donors (Lipinski definition) is 0.